The minimum atomic E-state index is -0.212. The van der Waals surface area contributed by atoms with Crippen molar-refractivity contribution in [3.05, 3.63) is 46.7 Å². The summed E-state index contributed by atoms with van der Waals surface area (Å²) >= 11 is 1.57. The molecule has 1 atom stereocenters. The lowest BCUT2D eigenvalue weighted by molar-refractivity contribution is 0.625. The molecule has 0 fully saturated rings. The molecule has 0 aliphatic rings. The lowest BCUT2D eigenvalue weighted by Gasteiger charge is -2.15. The van der Waals surface area contributed by atoms with Gasteiger partial charge in [-0.25, -0.2) is 9.37 Å². The first-order valence-electron chi connectivity index (χ1n) is 5.73. The van der Waals surface area contributed by atoms with Crippen molar-refractivity contribution in [2.24, 2.45) is 5.73 Å². The zero-order chi connectivity index (χ0) is 13.1. The average molecular weight is 265 g/mol. The average Bonchev–Trinajstić information content (AvgIpc) is 2.78. The number of aromatic nitrogens is 1. The maximum Gasteiger partial charge on any atom is 0.185 e. The number of hydrogen-bond acceptors (Lipinski definition) is 4. The quantitative estimate of drug-likeness (QED) is 0.924. The summed E-state index contributed by atoms with van der Waals surface area (Å²) in [5, 5.41) is 0.895. The number of rotatable bonds is 4. The summed E-state index contributed by atoms with van der Waals surface area (Å²) in [6, 6.07) is 6.60. The largest absolute Gasteiger partial charge is 0.347 e. The predicted octanol–water partition coefficient (Wildman–Crippen LogP) is 2.94. The molecule has 0 aliphatic carbocycles. The topological polar surface area (TPSA) is 42.1 Å². The van der Waals surface area contributed by atoms with E-state index in [1.165, 1.54) is 12.1 Å². The second-order valence-electron chi connectivity index (χ2n) is 4.32. The van der Waals surface area contributed by atoms with Crippen LogP contribution in [0.2, 0.25) is 0 Å². The van der Waals surface area contributed by atoms with Crippen molar-refractivity contribution in [1.29, 1.82) is 0 Å². The minimum absolute atomic E-state index is 0.00109. The second kappa shape index (κ2) is 5.46. The van der Waals surface area contributed by atoms with Crippen LogP contribution in [-0.2, 0) is 6.54 Å². The highest BCUT2D eigenvalue weighted by Crippen LogP contribution is 2.26. The molecule has 1 heterocycles. The van der Waals surface area contributed by atoms with Gasteiger partial charge in [0.2, 0.25) is 0 Å². The number of benzene rings is 1. The number of halogens is 1. The molecule has 1 unspecified atom stereocenters. The summed E-state index contributed by atoms with van der Waals surface area (Å²) in [4.78, 5) is 7.37. The summed E-state index contributed by atoms with van der Waals surface area (Å²) in [5.41, 5.74) is 6.73. The standard InChI is InChI=1S/C13H16FN3S/c1-9(15)12-7-16-13(18-12)17(2)8-10-4-3-5-11(14)6-10/h3-7,9H,8,15H2,1-2H3. The van der Waals surface area contributed by atoms with Gasteiger partial charge in [0.05, 0.1) is 0 Å². The van der Waals surface area contributed by atoms with Gasteiger partial charge in [-0.05, 0) is 24.6 Å². The first-order valence-corrected chi connectivity index (χ1v) is 6.55. The van der Waals surface area contributed by atoms with Crippen LogP contribution in [0.25, 0.3) is 0 Å². The van der Waals surface area contributed by atoms with Gasteiger partial charge in [0.25, 0.3) is 0 Å². The van der Waals surface area contributed by atoms with Crippen LogP contribution in [0.4, 0.5) is 9.52 Å². The monoisotopic (exact) mass is 265 g/mol. The summed E-state index contributed by atoms with van der Waals surface area (Å²) in [5.74, 6) is -0.212. The second-order valence-corrected chi connectivity index (χ2v) is 5.36. The fourth-order valence-electron chi connectivity index (χ4n) is 1.64. The van der Waals surface area contributed by atoms with E-state index in [0.29, 0.717) is 6.54 Å². The fraction of sp³-hybridized carbons (Fsp3) is 0.308. The molecule has 2 rings (SSSR count). The number of nitrogens with two attached hydrogens (primary N) is 1. The Balaban J connectivity index is 2.09. The van der Waals surface area contributed by atoms with Crippen molar-refractivity contribution in [3.8, 4) is 0 Å². The molecule has 0 aliphatic heterocycles. The van der Waals surface area contributed by atoms with Gasteiger partial charge in [0.1, 0.15) is 5.82 Å². The van der Waals surface area contributed by atoms with Crippen LogP contribution in [0, 0.1) is 5.82 Å². The van der Waals surface area contributed by atoms with Gasteiger partial charge in [0, 0.05) is 30.7 Å². The fourth-order valence-corrected chi connectivity index (χ4v) is 2.47. The SMILES string of the molecule is CC(N)c1cnc(N(C)Cc2cccc(F)c2)s1. The van der Waals surface area contributed by atoms with Gasteiger partial charge in [0.15, 0.2) is 5.13 Å². The van der Waals surface area contributed by atoms with Crippen molar-refractivity contribution < 1.29 is 4.39 Å². The number of thiazole rings is 1. The minimum Gasteiger partial charge on any atom is -0.347 e. The van der Waals surface area contributed by atoms with E-state index in [9.17, 15) is 4.39 Å². The van der Waals surface area contributed by atoms with Crippen LogP contribution in [0.1, 0.15) is 23.4 Å². The van der Waals surface area contributed by atoms with Crippen LogP contribution >= 0.6 is 11.3 Å². The molecule has 96 valence electrons. The highest BCUT2D eigenvalue weighted by molar-refractivity contribution is 7.15. The molecule has 0 spiro atoms. The molecule has 2 aromatic rings. The molecule has 0 saturated heterocycles. The molecule has 5 heteroatoms. The molecule has 0 amide bonds. The Hall–Kier alpha value is -1.46. The molecule has 0 radical (unpaired) electrons. The van der Waals surface area contributed by atoms with E-state index in [2.05, 4.69) is 4.98 Å². The molecule has 0 saturated carbocycles. The van der Waals surface area contributed by atoms with E-state index in [1.54, 1.807) is 23.6 Å². The van der Waals surface area contributed by atoms with Crippen molar-refractivity contribution in [3.63, 3.8) is 0 Å². The summed E-state index contributed by atoms with van der Waals surface area (Å²) in [6.45, 7) is 2.56. The van der Waals surface area contributed by atoms with E-state index >= 15 is 0 Å². The lowest BCUT2D eigenvalue weighted by Crippen LogP contribution is -2.16. The molecular formula is C13H16FN3S. The Bertz CT molecular complexity index is 524. The van der Waals surface area contributed by atoms with Crippen molar-refractivity contribution in [1.82, 2.24) is 4.98 Å². The third-order valence-corrected chi connectivity index (χ3v) is 3.91. The molecule has 3 nitrogen and oxygen atoms in total. The normalized spacial score (nSPS) is 12.4. The molecule has 2 N–H and O–H groups in total. The highest BCUT2D eigenvalue weighted by atomic mass is 32.1. The van der Waals surface area contributed by atoms with E-state index < -0.39 is 0 Å². The predicted molar refractivity (Wildman–Crippen MR) is 73.2 cm³/mol. The first-order chi connectivity index (χ1) is 8.56. The number of hydrogen-bond donors (Lipinski definition) is 1. The Kier molecular flexibility index (Phi) is 3.93. The third-order valence-electron chi connectivity index (χ3n) is 2.60. The zero-order valence-corrected chi connectivity index (χ0v) is 11.2. The number of nitrogens with zero attached hydrogens (tertiary/aromatic N) is 2. The van der Waals surface area contributed by atoms with Crippen LogP contribution in [0.3, 0.4) is 0 Å². The Labute approximate surface area is 110 Å². The molecule has 1 aromatic carbocycles. The van der Waals surface area contributed by atoms with E-state index in [4.69, 9.17) is 5.73 Å². The van der Waals surface area contributed by atoms with Gasteiger partial charge in [-0.15, -0.1) is 11.3 Å². The van der Waals surface area contributed by atoms with Crippen molar-refractivity contribution >= 4 is 16.5 Å². The van der Waals surface area contributed by atoms with Gasteiger partial charge >= 0.3 is 0 Å². The third kappa shape index (κ3) is 3.05. The summed E-state index contributed by atoms with van der Waals surface area (Å²) in [7, 11) is 1.94. The van der Waals surface area contributed by atoms with E-state index in [0.717, 1.165) is 15.6 Å². The Morgan fingerprint density at radius 3 is 2.89 bits per heavy atom. The van der Waals surface area contributed by atoms with Gasteiger partial charge in [-0.3, -0.25) is 0 Å². The van der Waals surface area contributed by atoms with E-state index in [-0.39, 0.29) is 11.9 Å². The lowest BCUT2D eigenvalue weighted by atomic mass is 10.2. The summed E-state index contributed by atoms with van der Waals surface area (Å²) in [6.07, 6.45) is 1.80. The van der Waals surface area contributed by atoms with Gasteiger partial charge in [-0.2, -0.15) is 0 Å². The van der Waals surface area contributed by atoms with Crippen LogP contribution in [-0.4, -0.2) is 12.0 Å². The van der Waals surface area contributed by atoms with Crippen LogP contribution in [0.15, 0.2) is 30.5 Å². The van der Waals surface area contributed by atoms with Gasteiger partial charge in [-0.1, -0.05) is 12.1 Å². The van der Waals surface area contributed by atoms with E-state index in [1.807, 2.05) is 24.9 Å². The smallest absolute Gasteiger partial charge is 0.185 e. The Morgan fingerprint density at radius 1 is 1.50 bits per heavy atom. The van der Waals surface area contributed by atoms with Gasteiger partial charge < -0.3 is 10.6 Å². The number of anilines is 1. The molecule has 18 heavy (non-hydrogen) atoms. The zero-order valence-electron chi connectivity index (χ0n) is 10.4. The first kappa shape index (κ1) is 13.0. The maximum absolute atomic E-state index is 13.1. The molecule has 0 bridgehead atoms. The maximum atomic E-state index is 13.1. The highest BCUT2D eigenvalue weighted by Gasteiger charge is 2.10. The summed E-state index contributed by atoms with van der Waals surface area (Å²) < 4.78 is 13.1. The van der Waals surface area contributed by atoms with Crippen molar-refractivity contribution in [2.75, 3.05) is 11.9 Å². The Morgan fingerprint density at radius 2 is 2.28 bits per heavy atom. The molecular weight excluding hydrogens is 249 g/mol. The van der Waals surface area contributed by atoms with Crippen LogP contribution in [0.5, 0.6) is 0 Å². The van der Waals surface area contributed by atoms with Crippen molar-refractivity contribution in [2.45, 2.75) is 19.5 Å². The van der Waals surface area contributed by atoms with Crippen LogP contribution < -0.4 is 10.6 Å². The molecule has 1 aromatic heterocycles.